The molecule has 0 aromatic heterocycles. The molecule has 1 nitrogen and oxygen atoms in total. The Morgan fingerprint density at radius 3 is 1.63 bits per heavy atom. The lowest BCUT2D eigenvalue weighted by Gasteiger charge is -2.18. The lowest BCUT2D eigenvalue weighted by molar-refractivity contribution is 0.276. The van der Waals surface area contributed by atoms with Gasteiger partial charge in [0.15, 0.2) is 0 Å². The van der Waals surface area contributed by atoms with Gasteiger partial charge in [-0.1, -0.05) is 64.7 Å². The first kappa shape index (κ1) is 23.3. The van der Waals surface area contributed by atoms with E-state index in [1.165, 1.54) is 25.9 Å². The average Bonchev–Trinajstić information content (AvgIpc) is 2.99. The summed E-state index contributed by atoms with van der Waals surface area (Å²) in [6.45, 7) is 20.7. The van der Waals surface area contributed by atoms with E-state index in [0.29, 0.717) is 0 Å². The van der Waals surface area contributed by atoms with Crippen molar-refractivity contribution in [2.45, 2.75) is 67.3 Å². The molecule has 1 aliphatic rings. The molecule has 1 heteroatoms. The standard InChI is InChI=1S/C7H15N.C7H10.2C2H6/c1-7(2)8-5-3-4-6-8;1-3-5-7-6-4-2;2*1-2/h7H,3-6H2,1-2H3;3-7H,1H2,2H3;2*1-2H3/b;6-4-,7-5-;;. The number of nitrogens with zero attached hydrogens (tertiary/aromatic N) is 1. The van der Waals surface area contributed by atoms with Crippen molar-refractivity contribution in [3.05, 3.63) is 37.0 Å². The Morgan fingerprint density at radius 2 is 1.37 bits per heavy atom. The molecule has 0 unspecified atom stereocenters. The normalized spacial score (nSPS) is 14.3. The summed E-state index contributed by atoms with van der Waals surface area (Å²) in [6.07, 6.45) is 12.3. The molecule has 0 atom stereocenters. The van der Waals surface area contributed by atoms with Gasteiger partial charge in [-0.15, -0.1) is 0 Å². The fraction of sp³-hybridized carbons (Fsp3) is 0.667. The molecule has 1 fully saturated rings. The van der Waals surface area contributed by atoms with E-state index in [9.17, 15) is 0 Å². The molecular formula is C18H37N. The van der Waals surface area contributed by atoms with Crippen LogP contribution in [0.15, 0.2) is 37.0 Å². The Kier molecular flexibility index (Phi) is 27.4. The predicted molar refractivity (Wildman–Crippen MR) is 92.8 cm³/mol. The van der Waals surface area contributed by atoms with E-state index in [-0.39, 0.29) is 0 Å². The summed E-state index contributed by atoms with van der Waals surface area (Å²) in [5, 5.41) is 0. The van der Waals surface area contributed by atoms with E-state index < -0.39 is 0 Å². The van der Waals surface area contributed by atoms with Gasteiger partial charge < -0.3 is 4.90 Å². The summed E-state index contributed by atoms with van der Waals surface area (Å²) in [5.41, 5.74) is 0. The van der Waals surface area contributed by atoms with Gasteiger partial charge in [-0.3, -0.25) is 0 Å². The van der Waals surface area contributed by atoms with E-state index in [4.69, 9.17) is 0 Å². The number of hydrogen-bond donors (Lipinski definition) is 0. The van der Waals surface area contributed by atoms with Crippen LogP contribution in [0.25, 0.3) is 0 Å². The zero-order valence-electron chi connectivity index (χ0n) is 14.4. The highest BCUT2D eigenvalue weighted by Gasteiger charge is 2.13. The monoisotopic (exact) mass is 267 g/mol. The van der Waals surface area contributed by atoms with Crippen LogP contribution in [0.2, 0.25) is 0 Å². The Morgan fingerprint density at radius 1 is 0.895 bits per heavy atom. The first-order chi connectivity index (χ1) is 9.22. The highest BCUT2D eigenvalue weighted by Crippen LogP contribution is 2.09. The minimum atomic E-state index is 0.775. The van der Waals surface area contributed by atoms with Crippen LogP contribution in [-0.2, 0) is 0 Å². The van der Waals surface area contributed by atoms with Gasteiger partial charge in [-0.05, 0) is 46.7 Å². The molecule has 114 valence electrons. The summed E-state index contributed by atoms with van der Waals surface area (Å²) in [7, 11) is 0. The van der Waals surface area contributed by atoms with Crippen LogP contribution in [0.3, 0.4) is 0 Å². The highest BCUT2D eigenvalue weighted by molar-refractivity contribution is 5.07. The van der Waals surface area contributed by atoms with Crippen LogP contribution < -0.4 is 0 Å². The van der Waals surface area contributed by atoms with Crippen LogP contribution in [0, 0.1) is 0 Å². The highest BCUT2D eigenvalue weighted by atomic mass is 15.2. The third-order valence-corrected chi connectivity index (χ3v) is 2.42. The SMILES string of the molecule is C=C/C=C\C=C/C.CC.CC.CC(C)N1CCCC1. The lowest BCUT2D eigenvalue weighted by atomic mass is 10.3. The van der Waals surface area contributed by atoms with Crippen molar-refractivity contribution < 1.29 is 0 Å². The Labute approximate surface area is 123 Å². The number of allylic oxidation sites excluding steroid dienone is 5. The summed E-state index contributed by atoms with van der Waals surface area (Å²) >= 11 is 0. The van der Waals surface area contributed by atoms with Crippen molar-refractivity contribution in [1.29, 1.82) is 0 Å². The van der Waals surface area contributed by atoms with Crippen LogP contribution >= 0.6 is 0 Å². The molecule has 0 amide bonds. The second-order valence-electron chi connectivity index (χ2n) is 3.98. The van der Waals surface area contributed by atoms with Gasteiger partial charge in [0.25, 0.3) is 0 Å². The maximum atomic E-state index is 3.51. The zero-order chi connectivity index (χ0) is 15.5. The van der Waals surface area contributed by atoms with Crippen molar-refractivity contribution >= 4 is 0 Å². The van der Waals surface area contributed by atoms with Gasteiger partial charge >= 0.3 is 0 Å². The molecule has 0 saturated carbocycles. The molecule has 19 heavy (non-hydrogen) atoms. The van der Waals surface area contributed by atoms with Crippen molar-refractivity contribution in [2.24, 2.45) is 0 Å². The molecule has 0 bridgehead atoms. The van der Waals surface area contributed by atoms with E-state index in [2.05, 4.69) is 25.3 Å². The van der Waals surface area contributed by atoms with E-state index in [1.807, 2.05) is 58.9 Å². The fourth-order valence-corrected chi connectivity index (χ4v) is 1.51. The number of hydrogen-bond acceptors (Lipinski definition) is 1. The predicted octanol–water partition coefficient (Wildman–Crippen LogP) is 5.85. The summed E-state index contributed by atoms with van der Waals surface area (Å²) in [5.74, 6) is 0. The molecule has 0 aromatic rings. The molecule has 0 aromatic carbocycles. The second-order valence-corrected chi connectivity index (χ2v) is 3.98. The molecule has 0 spiro atoms. The minimum absolute atomic E-state index is 0.775. The fourth-order valence-electron chi connectivity index (χ4n) is 1.51. The summed E-state index contributed by atoms with van der Waals surface area (Å²) < 4.78 is 0. The first-order valence-corrected chi connectivity index (χ1v) is 7.86. The largest absolute Gasteiger partial charge is 0.301 e. The molecule has 1 aliphatic heterocycles. The Balaban J connectivity index is -0.000000215. The van der Waals surface area contributed by atoms with Gasteiger partial charge in [0.2, 0.25) is 0 Å². The van der Waals surface area contributed by atoms with Crippen molar-refractivity contribution in [3.63, 3.8) is 0 Å². The van der Waals surface area contributed by atoms with Crippen LogP contribution in [0.4, 0.5) is 0 Å². The molecular weight excluding hydrogens is 230 g/mol. The quantitative estimate of drug-likeness (QED) is 0.580. The van der Waals surface area contributed by atoms with Crippen LogP contribution in [0.1, 0.15) is 61.3 Å². The van der Waals surface area contributed by atoms with Crippen molar-refractivity contribution in [3.8, 4) is 0 Å². The maximum absolute atomic E-state index is 3.51. The number of rotatable bonds is 3. The van der Waals surface area contributed by atoms with Gasteiger partial charge in [0, 0.05) is 6.04 Å². The topological polar surface area (TPSA) is 3.24 Å². The molecule has 1 rings (SSSR count). The first-order valence-electron chi connectivity index (χ1n) is 7.86. The van der Waals surface area contributed by atoms with E-state index >= 15 is 0 Å². The average molecular weight is 268 g/mol. The molecule has 0 N–H and O–H groups in total. The van der Waals surface area contributed by atoms with Gasteiger partial charge in [-0.2, -0.15) is 0 Å². The Bertz CT molecular complexity index is 196. The van der Waals surface area contributed by atoms with Crippen LogP contribution in [-0.4, -0.2) is 24.0 Å². The third-order valence-electron chi connectivity index (χ3n) is 2.42. The van der Waals surface area contributed by atoms with Crippen LogP contribution in [0.5, 0.6) is 0 Å². The molecule has 0 aliphatic carbocycles. The second kappa shape index (κ2) is 22.4. The Hall–Kier alpha value is -0.820. The van der Waals surface area contributed by atoms with E-state index in [0.717, 1.165) is 6.04 Å². The molecule has 1 saturated heterocycles. The van der Waals surface area contributed by atoms with Gasteiger partial charge in [0.05, 0.1) is 0 Å². The van der Waals surface area contributed by atoms with Gasteiger partial charge in [-0.25, -0.2) is 0 Å². The minimum Gasteiger partial charge on any atom is -0.301 e. The third kappa shape index (κ3) is 19.7. The number of likely N-dealkylation sites (tertiary alicyclic amines) is 1. The lowest BCUT2D eigenvalue weighted by Crippen LogP contribution is -2.26. The van der Waals surface area contributed by atoms with E-state index in [1.54, 1.807) is 6.08 Å². The van der Waals surface area contributed by atoms with Crippen molar-refractivity contribution in [2.75, 3.05) is 13.1 Å². The van der Waals surface area contributed by atoms with Crippen molar-refractivity contribution in [1.82, 2.24) is 4.90 Å². The molecule has 1 heterocycles. The summed E-state index contributed by atoms with van der Waals surface area (Å²) in [4.78, 5) is 2.53. The zero-order valence-corrected chi connectivity index (χ0v) is 14.4. The summed E-state index contributed by atoms with van der Waals surface area (Å²) in [6, 6.07) is 0.775. The maximum Gasteiger partial charge on any atom is 0.00385 e. The smallest absolute Gasteiger partial charge is 0.00385 e. The molecule has 0 radical (unpaired) electrons. The van der Waals surface area contributed by atoms with Gasteiger partial charge in [0.1, 0.15) is 0 Å².